The van der Waals surface area contributed by atoms with Crippen molar-refractivity contribution in [2.75, 3.05) is 18.6 Å². The molecule has 0 radical (unpaired) electrons. The van der Waals surface area contributed by atoms with Gasteiger partial charge in [0.05, 0.1) is 0 Å². The molecule has 132 valence electrons. The van der Waals surface area contributed by atoms with Crippen LogP contribution in [-0.2, 0) is 22.6 Å². The van der Waals surface area contributed by atoms with Gasteiger partial charge in [-0.25, -0.2) is 4.98 Å². The molecular weight excluding hydrogens is 314 g/mol. The number of carbonyl (C=O) groups is 1. The second kappa shape index (κ2) is 7.66. The van der Waals surface area contributed by atoms with Crippen LogP contribution in [0.5, 0.6) is 0 Å². The zero-order chi connectivity index (χ0) is 17.7. The van der Waals surface area contributed by atoms with Crippen LogP contribution in [0, 0.1) is 0 Å². The fourth-order valence-corrected chi connectivity index (χ4v) is 3.16. The monoisotopic (exact) mass is 339 g/mol. The van der Waals surface area contributed by atoms with Gasteiger partial charge in [-0.3, -0.25) is 4.79 Å². The van der Waals surface area contributed by atoms with E-state index in [1.54, 1.807) is 6.20 Å². The average molecular weight is 339 g/mol. The third-order valence-electron chi connectivity index (χ3n) is 4.63. The first-order chi connectivity index (χ1) is 12.1. The number of nitrogens with one attached hydrogen (secondary N) is 1. The van der Waals surface area contributed by atoms with Gasteiger partial charge in [-0.15, -0.1) is 0 Å². The molecule has 0 bridgehead atoms. The fraction of sp³-hybridized carbons (Fsp3) is 0.400. The number of hydrogen-bond acceptors (Lipinski definition) is 4. The van der Waals surface area contributed by atoms with Crippen molar-refractivity contribution >= 4 is 11.7 Å². The van der Waals surface area contributed by atoms with E-state index in [9.17, 15) is 4.79 Å². The highest BCUT2D eigenvalue weighted by Crippen LogP contribution is 2.25. The SMILES string of the molecule is CN(Cc1ccccc1)c1ncccc1CNC(=O)[C@]1(C)CCCO1. The van der Waals surface area contributed by atoms with Gasteiger partial charge in [0.15, 0.2) is 0 Å². The van der Waals surface area contributed by atoms with Crippen LogP contribution in [-0.4, -0.2) is 30.1 Å². The third kappa shape index (κ3) is 4.17. The van der Waals surface area contributed by atoms with E-state index in [0.29, 0.717) is 13.2 Å². The number of rotatable bonds is 6. The zero-order valence-electron chi connectivity index (χ0n) is 14.9. The van der Waals surface area contributed by atoms with Gasteiger partial charge in [0.1, 0.15) is 11.4 Å². The standard InChI is InChI=1S/C20H25N3O2/c1-20(11-7-13-25-20)19(24)22-14-17-10-6-12-21-18(17)23(2)15-16-8-4-3-5-9-16/h3-6,8-10,12H,7,11,13-15H2,1-2H3,(H,22,24)/t20-/m0/s1. The molecule has 3 rings (SSSR count). The van der Waals surface area contributed by atoms with Gasteiger partial charge < -0.3 is 15.0 Å². The van der Waals surface area contributed by atoms with Gasteiger partial charge in [0, 0.05) is 38.5 Å². The lowest BCUT2D eigenvalue weighted by molar-refractivity contribution is -0.139. The molecule has 1 fully saturated rings. The lowest BCUT2D eigenvalue weighted by atomic mass is 10.0. The van der Waals surface area contributed by atoms with Crippen molar-refractivity contribution in [3.63, 3.8) is 0 Å². The zero-order valence-corrected chi connectivity index (χ0v) is 14.9. The van der Waals surface area contributed by atoms with Crippen LogP contribution in [0.4, 0.5) is 5.82 Å². The first-order valence-corrected chi connectivity index (χ1v) is 8.70. The van der Waals surface area contributed by atoms with E-state index in [1.807, 2.05) is 44.3 Å². The van der Waals surface area contributed by atoms with E-state index in [0.717, 1.165) is 30.8 Å². The molecule has 1 aliphatic heterocycles. The maximum Gasteiger partial charge on any atom is 0.252 e. The molecule has 1 aliphatic rings. The Morgan fingerprint density at radius 3 is 2.80 bits per heavy atom. The van der Waals surface area contributed by atoms with Crippen LogP contribution in [0.1, 0.15) is 30.9 Å². The van der Waals surface area contributed by atoms with Crippen LogP contribution in [0.15, 0.2) is 48.7 Å². The van der Waals surface area contributed by atoms with Crippen molar-refractivity contribution in [2.24, 2.45) is 0 Å². The molecule has 2 aromatic rings. The van der Waals surface area contributed by atoms with Crippen molar-refractivity contribution < 1.29 is 9.53 Å². The predicted octanol–water partition coefficient (Wildman–Crippen LogP) is 2.90. The van der Waals surface area contributed by atoms with Crippen LogP contribution < -0.4 is 10.2 Å². The molecule has 1 amide bonds. The summed E-state index contributed by atoms with van der Waals surface area (Å²) in [7, 11) is 2.02. The minimum absolute atomic E-state index is 0.0504. The second-order valence-electron chi connectivity index (χ2n) is 6.69. The number of hydrogen-bond donors (Lipinski definition) is 1. The number of pyridine rings is 1. The molecule has 5 heteroatoms. The predicted molar refractivity (Wildman–Crippen MR) is 98.2 cm³/mol. The topological polar surface area (TPSA) is 54.5 Å². The number of carbonyl (C=O) groups excluding carboxylic acids is 1. The Morgan fingerprint density at radius 1 is 1.28 bits per heavy atom. The molecule has 1 aromatic carbocycles. The Balaban J connectivity index is 1.67. The normalized spacial score (nSPS) is 19.6. The molecule has 0 saturated carbocycles. The van der Waals surface area contributed by atoms with Crippen LogP contribution in [0.3, 0.4) is 0 Å². The van der Waals surface area contributed by atoms with E-state index < -0.39 is 5.60 Å². The molecule has 25 heavy (non-hydrogen) atoms. The lowest BCUT2D eigenvalue weighted by Crippen LogP contribution is -2.43. The molecule has 0 unspecified atom stereocenters. The summed E-state index contributed by atoms with van der Waals surface area (Å²) in [6.07, 6.45) is 3.48. The van der Waals surface area contributed by atoms with E-state index in [-0.39, 0.29) is 5.91 Å². The molecule has 0 spiro atoms. The average Bonchev–Trinajstić information content (AvgIpc) is 3.08. The lowest BCUT2D eigenvalue weighted by Gasteiger charge is -2.24. The van der Waals surface area contributed by atoms with Crippen LogP contribution >= 0.6 is 0 Å². The summed E-state index contributed by atoms with van der Waals surface area (Å²) in [5, 5.41) is 3.01. The van der Waals surface area contributed by atoms with Gasteiger partial charge in [0.25, 0.3) is 5.91 Å². The van der Waals surface area contributed by atoms with Crippen LogP contribution in [0.2, 0.25) is 0 Å². The summed E-state index contributed by atoms with van der Waals surface area (Å²) in [4.78, 5) is 19.1. The molecular formula is C20H25N3O2. The maximum atomic E-state index is 12.4. The number of anilines is 1. The molecule has 2 heterocycles. The summed E-state index contributed by atoms with van der Waals surface area (Å²) in [6, 6.07) is 14.2. The number of aromatic nitrogens is 1. The van der Waals surface area contributed by atoms with Gasteiger partial charge in [-0.05, 0) is 31.4 Å². The van der Waals surface area contributed by atoms with Crippen molar-refractivity contribution in [2.45, 2.75) is 38.5 Å². The summed E-state index contributed by atoms with van der Waals surface area (Å²) >= 11 is 0. The fourth-order valence-electron chi connectivity index (χ4n) is 3.16. The maximum absolute atomic E-state index is 12.4. The third-order valence-corrected chi connectivity index (χ3v) is 4.63. The Hall–Kier alpha value is -2.40. The highest BCUT2D eigenvalue weighted by molar-refractivity contribution is 5.85. The Bertz CT molecular complexity index is 712. The minimum Gasteiger partial charge on any atom is -0.365 e. The Labute approximate surface area is 149 Å². The minimum atomic E-state index is -0.696. The van der Waals surface area contributed by atoms with Gasteiger partial charge in [-0.1, -0.05) is 36.4 Å². The van der Waals surface area contributed by atoms with Gasteiger partial charge in [-0.2, -0.15) is 0 Å². The smallest absolute Gasteiger partial charge is 0.252 e. The van der Waals surface area contributed by atoms with Crippen LogP contribution in [0.25, 0.3) is 0 Å². The van der Waals surface area contributed by atoms with E-state index in [1.165, 1.54) is 5.56 Å². The number of ether oxygens (including phenoxy) is 1. The number of benzene rings is 1. The number of amides is 1. The summed E-state index contributed by atoms with van der Waals surface area (Å²) in [5.74, 6) is 0.828. The number of nitrogens with zero attached hydrogens (tertiary/aromatic N) is 2. The van der Waals surface area contributed by atoms with E-state index in [2.05, 4.69) is 27.3 Å². The quantitative estimate of drug-likeness (QED) is 0.879. The highest BCUT2D eigenvalue weighted by atomic mass is 16.5. The summed E-state index contributed by atoms with van der Waals surface area (Å²) in [5.41, 5.74) is 1.52. The molecule has 1 atom stereocenters. The van der Waals surface area contributed by atoms with E-state index in [4.69, 9.17) is 4.74 Å². The van der Waals surface area contributed by atoms with Crippen molar-refractivity contribution in [1.82, 2.24) is 10.3 Å². The Kier molecular flexibility index (Phi) is 5.34. The first-order valence-electron chi connectivity index (χ1n) is 8.70. The second-order valence-corrected chi connectivity index (χ2v) is 6.69. The summed E-state index contributed by atoms with van der Waals surface area (Å²) < 4.78 is 5.61. The largest absolute Gasteiger partial charge is 0.365 e. The molecule has 1 aromatic heterocycles. The molecule has 1 N–H and O–H groups in total. The molecule has 0 aliphatic carbocycles. The van der Waals surface area contributed by atoms with Crippen molar-refractivity contribution in [1.29, 1.82) is 0 Å². The van der Waals surface area contributed by atoms with Gasteiger partial charge in [0.2, 0.25) is 0 Å². The first kappa shape index (κ1) is 17.4. The molecule has 1 saturated heterocycles. The molecule has 5 nitrogen and oxygen atoms in total. The van der Waals surface area contributed by atoms with Crippen molar-refractivity contribution in [3.8, 4) is 0 Å². The van der Waals surface area contributed by atoms with E-state index >= 15 is 0 Å². The summed E-state index contributed by atoms with van der Waals surface area (Å²) in [6.45, 7) is 3.72. The van der Waals surface area contributed by atoms with Gasteiger partial charge >= 0.3 is 0 Å². The highest BCUT2D eigenvalue weighted by Gasteiger charge is 2.37. The Morgan fingerprint density at radius 2 is 2.08 bits per heavy atom. The van der Waals surface area contributed by atoms with Crippen molar-refractivity contribution in [3.05, 3.63) is 59.8 Å².